The van der Waals surface area contributed by atoms with Crippen LogP contribution in [0.25, 0.3) is 0 Å². The van der Waals surface area contributed by atoms with Crippen LogP contribution in [0.1, 0.15) is 16.7 Å². The number of para-hydroxylation sites is 1. The number of amides is 2. The van der Waals surface area contributed by atoms with Gasteiger partial charge in [-0.1, -0.05) is 72.3 Å². The molecule has 0 aliphatic heterocycles. The summed E-state index contributed by atoms with van der Waals surface area (Å²) < 4.78 is 40.5. The monoisotopic (exact) mass is 511 g/mol. The minimum Gasteiger partial charge on any atom is -0.357 e. The molecule has 190 valence electrons. The number of benzene rings is 3. The lowest BCUT2D eigenvalue weighted by Crippen LogP contribution is -2.53. The highest BCUT2D eigenvalue weighted by Gasteiger charge is 2.33. The van der Waals surface area contributed by atoms with Crippen LogP contribution < -0.4 is 9.62 Å². The molecule has 3 aromatic carbocycles. The van der Waals surface area contributed by atoms with Crippen molar-refractivity contribution in [3.8, 4) is 0 Å². The number of nitrogens with zero attached hydrogens (tertiary/aromatic N) is 2. The maximum atomic E-state index is 14.5. The fourth-order valence-electron chi connectivity index (χ4n) is 3.98. The number of hydrogen-bond donors (Lipinski definition) is 1. The first-order valence-corrected chi connectivity index (χ1v) is 13.3. The Bertz CT molecular complexity index is 1320. The van der Waals surface area contributed by atoms with Crippen molar-refractivity contribution in [1.29, 1.82) is 0 Å². The summed E-state index contributed by atoms with van der Waals surface area (Å²) in [6.45, 7) is 1.33. The van der Waals surface area contributed by atoms with Crippen molar-refractivity contribution in [2.75, 3.05) is 24.2 Å². The maximum absolute atomic E-state index is 14.5. The molecule has 0 spiro atoms. The maximum Gasteiger partial charge on any atom is 0.244 e. The van der Waals surface area contributed by atoms with Crippen molar-refractivity contribution in [2.45, 2.75) is 25.9 Å². The zero-order valence-electron chi connectivity index (χ0n) is 20.5. The van der Waals surface area contributed by atoms with Crippen molar-refractivity contribution in [3.63, 3.8) is 0 Å². The van der Waals surface area contributed by atoms with Crippen LogP contribution in [0.2, 0.25) is 0 Å². The van der Waals surface area contributed by atoms with Crippen molar-refractivity contribution in [2.24, 2.45) is 0 Å². The highest BCUT2D eigenvalue weighted by atomic mass is 32.2. The molecule has 0 bridgehead atoms. The van der Waals surface area contributed by atoms with E-state index >= 15 is 0 Å². The van der Waals surface area contributed by atoms with E-state index in [2.05, 4.69) is 5.32 Å². The number of rotatable bonds is 10. The molecule has 0 saturated heterocycles. The van der Waals surface area contributed by atoms with Crippen LogP contribution in [0, 0.1) is 12.7 Å². The number of sulfonamides is 1. The Morgan fingerprint density at radius 1 is 0.944 bits per heavy atom. The topological polar surface area (TPSA) is 86.8 Å². The summed E-state index contributed by atoms with van der Waals surface area (Å²) in [6.07, 6.45) is 1.13. The van der Waals surface area contributed by atoms with Gasteiger partial charge in [-0.15, -0.1) is 0 Å². The van der Waals surface area contributed by atoms with Crippen molar-refractivity contribution in [1.82, 2.24) is 10.2 Å². The summed E-state index contributed by atoms with van der Waals surface area (Å²) in [7, 11) is -2.53. The molecule has 0 fully saturated rings. The van der Waals surface area contributed by atoms with Gasteiger partial charge in [0.25, 0.3) is 0 Å². The van der Waals surface area contributed by atoms with Crippen LogP contribution in [0.4, 0.5) is 10.1 Å². The first-order chi connectivity index (χ1) is 17.1. The molecule has 0 saturated carbocycles. The predicted molar refractivity (Wildman–Crippen MR) is 138 cm³/mol. The first-order valence-electron chi connectivity index (χ1n) is 11.4. The normalized spacial score (nSPS) is 12.0. The Balaban J connectivity index is 2.04. The zero-order chi connectivity index (χ0) is 26.3. The number of aryl methyl sites for hydroxylation is 1. The smallest absolute Gasteiger partial charge is 0.244 e. The number of hydrogen-bond acceptors (Lipinski definition) is 4. The van der Waals surface area contributed by atoms with Gasteiger partial charge < -0.3 is 10.2 Å². The molecule has 3 rings (SSSR count). The van der Waals surface area contributed by atoms with Gasteiger partial charge in [0.2, 0.25) is 21.8 Å². The van der Waals surface area contributed by atoms with Gasteiger partial charge in [-0.2, -0.15) is 0 Å². The summed E-state index contributed by atoms with van der Waals surface area (Å²) in [4.78, 5) is 28.1. The molecule has 0 aromatic heterocycles. The average molecular weight is 512 g/mol. The minimum absolute atomic E-state index is 0.0697. The van der Waals surface area contributed by atoms with Crippen LogP contribution in [0.5, 0.6) is 0 Å². The Morgan fingerprint density at radius 2 is 1.58 bits per heavy atom. The summed E-state index contributed by atoms with van der Waals surface area (Å²) in [5.41, 5.74) is 2.36. The van der Waals surface area contributed by atoms with Crippen molar-refractivity contribution in [3.05, 3.63) is 101 Å². The highest BCUT2D eigenvalue weighted by Crippen LogP contribution is 2.23. The van der Waals surface area contributed by atoms with E-state index < -0.39 is 40.2 Å². The number of halogens is 1. The van der Waals surface area contributed by atoms with Gasteiger partial charge in [-0.3, -0.25) is 13.9 Å². The third-order valence-corrected chi connectivity index (χ3v) is 6.88. The second-order valence-corrected chi connectivity index (χ2v) is 10.5. The van der Waals surface area contributed by atoms with E-state index in [0.717, 1.165) is 33.3 Å². The molecular formula is C27H30FN3O4S. The molecule has 9 heteroatoms. The van der Waals surface area contributed by atoms with Gasteiger partial charge in [0.05, 0.1) is 11.9 Å². The molecule has 0 heterocycles. The number of nitrogens with one attached hydrogen (secondary N) is 1. The fraction of sp³-hybridized carbons (Fsp3) is 0.259. The molecule has 7 nitrogen and oxygen atoms in total. The molecule has 0 aliphatic carbocycles. The number of anilines is 1. The second kappa shape index (κ2) is 11.8. The number of carbonyl (C=O) groups excluding carboxylic acids is 2. The third kappa shape index (κ3) is 6.91. The second-order valence-electron chi connectivity index (χ2n) is 8.55. The number of likely N-dealkylation sites (N-methyl/N-ethyl adjacent to an activating group) is 1. The molecule has 1 N–H and O–H groups in total. The molecule has 2 amide bonds. The summed E-state index contributed by atoms with van der Waals surface area (Å²) >= 11 is 0. The molecule has 1 unspecified atom stereocenters. The summed E-state index contributed by atoms with van der Waals surface area (Å²) in [5.74, 6) is -1.79. The van der Waals surface area contributed by atoms with Crippen LogP contribution in [-0.2, 0) is 32.6 Å². The lowest BCUT2D eigenvalue weighted by atomic mass is 10.0. The third-order valence-electron chi connectivity index (χ3n) is 5.75. The van der Waals surface area contributed by atoms with E-state index in [1.807, 2.05) is 61.5 Å². The van der Waals surface area contributed by atoms with Gasteiger partial charge in [0.1, 0.15) is 18.4 Å². The molecule has 36 heavy (non-hydrogen) atoms. The summed E-state index contributed by atoms with van der Waals surface area (Å²) in [5, 5.41) is 2.62. The Kier molecular flexibility index (Phi) is 8.82. The molecule has 0 radical (unpaired) electrons. The Labute approximate surface area is 211 Å². The largest absolute Gasteiger partial charge is 0.357 e. The minimum atomic E-state index is -4.01. The van der Waals surface area contributed by atoms with Gasteiger partial charge in [-0.05, 0) is 30.2 Å². The van der Waals surface area contributed by atoms with E-state index in [-0.39, 0.29) is 18.7 Å². The van der Waals surface area contributed by atoms with Crippen LogP contribution in [-0.4, -0.2) is 51.0 Å². The van der Waals surface area contributed by atoms with E-state index in [1.165, 1.54) is 30.1 Å². The van der Waals surface area contributed by atoms with E-state index in [4.69, 9.17) is 0 Å². The quantitative estimate of drug-likeness (QED) is 0.453. The van der Waals surface area contributed by atoms with Crippen molar-refractivity contribution >= 4 is 27.5 Å². The van der Waals surface area contributed by atoms with E-state index in [0.29, 0.717) is 0 Å². The SMILES string of the molecule is CNC(=O)C(Cc1ccccc1)N(Cc1cccc(C)c1)C(=O)CN(c1ccccc1F)S(C)(=O)=O. The Morgan fingerprint density at radius 3 is 2.19 bits per heavy atom. The predicted octanol–water partition coefficient (Wildman–Crippen LogP) is 3.29. The molecule has 3 aromatic rings. The van der Waals surface area contributed by atoms with E-state index in [1.54, 1.807) is 0 Å². The Hall–Kier alpha value is -3.72. The van der Waals surface area contributed by atoms with Gasteiger partial charge in [0.15, 0.2) is 0 Å². The summed E-state index contributed by atoms with van der Waals surface area (Å²) in [6, 6.07) is 21.2. The van der Waals surface area contributed by atoms with Crippen LogP contribution in [0.15, 0.2) is 78.9 Å². The van der Waals surface area contributed by atoms with Crippen LogP contribution >= 0.6 is 0 Å². The lowest BCUT2D eigenvalue weighted by molar-refractivity contribution is -0.139. The molecular weight excluding hydrogens is 481 g/mol. The first kappa shape index (κ1) is 26.9. The van der Waals surface area contributed by atoms with Crippen LogP contribution in [0.3, 0.4) is 0 Å². The van der Waals surface area contributed by atoms with E-state index in [9.17, 15) is 22.4 Å². The fourth-order valence-corrected chi connectivity index (χ4v) is 4.83. The average Bonchev–Trinajstić information content (AvgIpc) is 2.84. The van der Waals surface area contributed by atoms with Gasteiger partial charge in [0, 0.05) is 20.0 Å². The van der Waals surface area contributed by atoms with Gasteiger partial charge >= 0.3 is 0 Å². The van der Waals surface area contributed by atoms with Crippen molar-refractivity contribution < 1.29 is 22.4 Å². The number of carbonyl (C=O) groups is 2. The lowest BCUT2D eigenvalue weighted by Gasteiger charge is -2.33. The standard InChI is InChI=1S/C27H30FN3O4S/c1-20-10-9-13-22(16-20)18-30(25(27(33)29-2)17-21-11-5-4-6-12-21)26(32)19-31(36(3,34)35)24-15-8-7-14-23(24)28/h4-16,25H,17-19H2,1-3H3,(H,29,33). The highest BCUT2D eigenvalue weighted by molar-refractivity contribution is 7.92. The molecule has 0 aliphatic rings. The van der Waals surface area contributed by atoms with Gasteiger partial charge in [-0.25, -0.2) is 12.8 Å². The zero-order valence-corrected chi connectivity index (χ0v) is 21.3. The molecule has 1 atom stereocenters.